The third kappa shape index (κ3) is 5.34. The van der Waals surface area contributed by atoms with Gasteiger partial charge in [-0.15, -0.1) is 0 Å². The van der Waals surface area contributed by atoms with E-state index in [1.54, 1.807) is 0 Å². The zero-order valence-electron chi connectivity index (χ0n) is 13.1. The summed E-state index contributed by atoms with van der Waals surface area (Å²) in [4.78, 5) is 12.9. The topological polar surface area (TPSA) is 81.2 Å². The van der Waals surface area contributed by atoms with Crippen LogP contribution in [0, 0.1) is 5.92 Å². The van der Waals surface area contributed by atoms with Crippen LogP contribution >= 0.6 is 0 Å². The summed E-state index contributed by atoms with van der Waals surface area (Å²) in [6.45, 7) is 9.19. The molecule has 21 heavy (non-hydrogen) atoms. The minimum absolute atomic E-state index is 0.0326. The first-order chi connectivity index (χ1) is 10.2. The highest BCUT2D eigenvalue weighted by molar-refractivity contribution is 5.35. The van der Waals surface area contributed by atoms with Gasteiger partial charge in [0.1, 0.15) is 0 Å². The lowest BCUT2D eigenvalue weighted by Gasteiger charge is -2.22. The molecule has 0 spiro atoms. The Balaban J connectivity index is 2.00. The number of aromatic nitrogens is 3. The molecule has 2 rings (SSSR count). The molecule has 1 saturated heterocycles. The molecule has 2 heterocycles. The Morgan fingerprint density at radius 1 is 1.14 bits per heavy atom. The minimum atomic E-state index is 0.0326. The summed E-state index contributed by atoms with van der Waals surface area (Å²) in [7, 11) is 0. The maximum absolute atomic E-state index is 5.57. The van der Waals surface area contributed by atoms with Crippen LogP contribution in [0.1, 0.15) is 33.6 Å². The quantitative estimate of drug-likeness (QED) is 0.795. The number of hydrogen-bond acceptors (Lipinski definition) is 7. The van der Waals surface area contributed by atoms with E-state index in [-0.39, 0.29) is 6.10 Å². The van der Waals surface area contributed by atoms with E-state index >= 15 is 0 Å². The Morgan fingerprint density at radius 2 is 1.81 bits per heavy atom. The van der Waals surface area contributed by atoms with Crippen molar-refractivity contribution < 1.29 is 9.47 Å². The molecule has 2 N–H and O–H groups in total. The van der Waals surface area contributed by atoms with Crippen LogP contribution in [0.5, 0.6) is 6.01 Å². The van der Waals surface area contributed by atoms with Crippen molar-refractivity contribution in [3.8, 4) is 6.01 Å². The van der Waals surface area contributed by atoms with Gasteiger partial charge in [-0.3, -0.25) is 0 Å². The van der Waals surface area contributed by atoms with E-state index in [0.29, 0.717) is 23.8 Å². The average Bonchev–Trinajstić information content (AvgIpc) is 2.46. The Kier molecular flexibility index (Phi) is 5.98. The lowest BCUT2D eigenvalue weighted by molar-refractivity contribution is 0.0699. The van der Waals surface area contributed by atoms with E-state index < -0.39 is 0 Å². The van der Waals surface area contributed by atoms with Gasteiger partial charge in [0.05, 0.1) is 6.10 Å². The lowest BCUT2D eigenvalue weighted by Crippen LogP contribution is -2.23. The molecule has 1 fully saturated rings. The summed E-state index contributed by atoms with van der Waals surface area (Å²) in [5, 5.41) is 6.39. The molecular weight excluding hydrogens is 270 g/mol. The summed E-state index contributed by atoms with van der Waals surface area (Å²) < 4.78 is 10.9. The summed E-state index contributed by atoms with van der Waals surface area (Å²) in [6, 6.07) is 0.352. The van der Waals surface area contributed by atoms with Crippen molar-refractivity contribution in [1.82, 2.24) is 15.0 Å². The summed E-state index contributed by atoms with van der Waals surface area (Å²) >= 11 is 0. The summed E-state index contributed by atoms with van der Waals surface area (Å²) in [5.41, 5.74) is 0. The van der Waals surface area contributed by atoms with E-state index in [9.17, 15) is 0 Å². The zero-order valence-corrected chi connectivity index (χ0v) is 13.1. The number of nitrogens with zero attached hydrogens (tertiary/aromatic N) is 3. The first kappa shape index (κ1) is 15.8. The molecule has 0 amide bonds. The maximum Gasteiger partial charge on any atom is 0.323 e. The fourth-order valence-electron chi connectivity index (χ4n) is 2.12. The molecule has 7 heteroatoms. The molecule has 1 aliphatic rings. The van der Waals surface area contributed by atoms with Crippen molar-refractivity contribution >= 4 is 11.9 Å². The second-order valence-electron chi connectivity index (χ2n) is 5.40. The lowest BCUT2D eigenvalue weighted by atomic mass is 10.0. The molecule has 0 aromatic carbocycles. The van der Waals surface area contributed by atoms with E-state index in [4.69, 9.17) is 9.47 Å². The van der Waals surface area contributed by atoms with Crippen molar-refractivity contribution in [2.75, 3.05) is 36.9 Å². The number of rotatable bonds is 7. The summed E-state index contributed by atoms with van der Waals surface area (Å²) in [6.07, 6.45) is 2.19. The largest absolute Gasteiger partial charge is 0.461 e. The molecule has 0 radical (unpaired) electrons. The molecule has 1 aromatic heterocycles. The van der Waals surface area contributed by atoms with Crippen LogP contribution in [0.2, 0.25) is 0 Å². The highest BCUT2D eigenvalue weighted by atomic mass is 16.5. The van der Waals surface area contributed by atoms with Gasteiger partial charge < -0.3 is 20.1 Å². The van der Waals surface area contributed by atoms with Crippen LogP contribution in [0.25, 0.3) is 0 Å². The number of ether oxygens (including phenoxy) is 2. The molecule has 118 valence electrons. The normalized spacial score (nSPS) is 16.0. The number of nitrogens with one attached hydrogen (secondary N) is 2. The van der Waals surface area contributed by atoms with Crippen LogP contribution in [-0.4, -0.2) is 47.4 Å². The van der Waals surface area contributed by atoms with Gasteiger partial charge in [0.2, 0.25) is 11.9 Å². The molecule has 0 atom stereocenters. The zero-order chi connectivity index (χ0) is 15.1. The first-order valence-electron chi connectivity index (χ1n) is 7.65. The standard InChI is InChI=1S/C14H25N5O2/c1-4-15-12-17-13(19-14(18-12)21-10(2)3)16-9-11-5-7-20-8-6-11/h10-11H,4-9H2,1-3H3,(H2,15,16,17,18,19). The van der Waals surface area contributed by atoms with Gasteiger partial charge in [-0.2, -0.15) is 15.0 Å². The smallest absolute Gasteiger partial charge is 0.323 e. The predicted octanol–water partition coefficient (Wildman–Crippen LogP) is 1.93. The second-order valence-corrected chi connectivity index (χ2v) is 5.40. The van der Waals surface area contributed by atoms with Crippen LogP contribution in [0.4, 0.5) is 11.9 Å². The van der Waals surface area contributed by atoms with Gasteiger partial charge in [-0.05, 0) is 39.5 Å². The van der Waals surface area contributed by atoms with Crippen molar-refractivity contribution in [3.05, 3.63) is 0 Å². The highest BCUT2D eigenvalue weighted by Gasteiger charge is 2.15. The Morgan fingerprint density at radius 3 is 2.43 bits per heavy atom. The van der Waals surface area contributed by atoms with Crippen LogP contribution in [0.3, 0.4) is 0 Å². The van der Waals surface area contributed by atoms with Crippen LogP contribution in [-0.2, 0) is 4.74 Å². The summed E-state index contributed by atoms with van der Waals surface area (Å²) in [5.74, 6) is 1.70. The fourth-order valence-corrected chi connectivity index (χ4v) is 2.12. The first-order valence-corrected chi connectivity index (χ1v) is 7.65. The molecule has 1 aliphatic heterocycles. The molecule has 0 saturated carbocycles. The monoisotopic (exact) mass is 295 g/mol. The third-order valence-electron chi connectivity index (χ3n) is 3.18. The Hall–Kier alpha value is -1.63. The highest BCUT2D eigenvalue weighted by Crippen LogP contribution is 2.17. The second kappa shape index (κ2) is 7.97. The van der Waals surface area contributed by atoms with E-state index in [0.717, 1.165) is 39.1 Å². The SMILES string of the molecule is CCNc1nc(NCC2CCOCC2)nc(OC(C)C)n1. The fraction of sp³-hybridized carbons (Fsp3) is 0.786. The van der Waals surface area contributed by atoms with E-state index in [2.05, 4.69) is 25.6 Å². The van der Waals surface area contributed by atoms with Gasteiger partial charge >= 0.3 is 6.01 Å². The molecule has 0 unspecified atom stereocenters. The predicted molar refractivity (Wildman–Crippen MR) is 81.8 cm³/mol. The Bertz CT molecular complexity index is 435. The number of anilines is 2. The van der Waals surface area contributed by atoms with Crippen LogP contribution < -0.4 is 15.4 Å². The van der Waals surface area contributed by atoms with Gasteiger partial charge in [0, 0.05) is 26.3 Å². The van der Waals surface area contributed by atoms with Crippen molar-refractivity contribution in [3.63, 3.8) is 0 Å². The third-order valence-corrected chi connectivity index (χ3v) is 3.18. The van der Waals surface area contributed by atoms with Crippen LogP contribution in [0.15, 0.2) is 0 Å². The van der Waals surface area contributed by atoms with E-state index in [1.165, 1.54) is 0 Å². The molecular formula is C14H25N5O2. The van der Waals surface area contributed by atoms with Gasteiger partial charge in [-0.25, -0.2) is 0 Å². The van der Waals surface area contributed by atoms with Gasteiger partial charge in [0.15, 0.2) is 0 Å². The molecule has 0 aliphatic carbocycles. The average molecular weight is 295 g/mol. The van der Waals surface area contributed by atoms with Gasteiger partial charge in [-0.1, -0.05) is 0 Å². The van der Waals surface area contributed by atoms with E-state index in [1.807, 2.05) is 20.8 Å². The van der Waals surface area contributed by atoms with Crippen molar-refractivity contribution in [2.45, 2.75) is 39.7 Å². The Labute approximate surface area is 125 Å². The maximum atomic E-state index is 5.57. The molecule has 1 aromatic rings. The number of hydrogen-bond donors (Lipinski definition) is 2. The van der Waals surface area contributed by atoms with Crippen molar-refractivity contribution in [1.29, 1.82) is 0 Å². The molecule has 0 bridgehead atoms. The van der Waals surface area contributed by atoms with Gasteiger partial charge in [0.25, 0.3) is 0 Å². The minimum Gasteiger partial charge on any atom is -0.461 e. The molecule has 7 nitrogen and oxygen atoms in total. The van der Waals surface area contributed by atoms with Crippen molar-refractivity contribution in [2.24, 2.45) is 5.92 Å².